The van der Waals surface area contributed by atoms with Gasteiger partial charge in [-0.25, -0.2) is 4.98 Å². The Bertz CT molecular complexity index is 1170. The lowest BCUT2D eigenvalue weighted by Crippen LogP contribution is -2.19. The van der Waals surface area contributed by atoms with Gasteiger partial charge < -0.3 is 25.6 Å². The lowest BCUT2D eigenvalue weighted by molar-refractivity contribution is -0.111. The van der Waals surface area contributed by atoms with E-state index in [9.17, 15) is 9.00 Å². The normalized spacial score (nSPS) is 11.5. The Hall–Kier alpha value is -3.76. The minimum atomic E-state index is -1.31. The SMILES string of the molecule is C=CC(=O)Nc1cccc(Nc2nc(Nc3ccc(OCCN(C)C)cc3)ncc2S(C)=O)c1. The summed E-state index contributed by atoms with van der Waals surface area (Å²) < 4.78 is 17.9. The molecule has 0 saturated heterocycles. The molecule has 0 aliphatic heterocycles. The summed E-state index contributed by atoms with van der Waals surface area (Å²) in [6.07, 6.45) is 4.28. The van der Waals surface area contributed by atoms with Gasteiger partial charge in [-0.3, -0.25) is 9.00 Å². The molecule has 34 heavy (non-hydrogen) atoms. The fraction of sp³-hybridized carbons (Fsp3) is 0.208. The number of ether oxygens (including phenoxy) is 1. The number of amides is 1. The molecule has 3 N–H and O–H groups in total. The third-order valence-electron chi connectivity index (χ3n) is 4.56. The Labute approximate surface area is 201 Å². The van der Waals surface area contributed by atoms with Crippen molar-refractivity contribution in [3.8, 4) is 5.75 Å². The first kappa shape index (κ1) is 24.9. The second-order valence-corrected chi connectivity index (χ2v) is 8.91. The zero-order valence-corrected chi connectivity index (χ0v) is 20.2. The van der Waals surface area contributed by atoms with Gasteiger partial charge in [-0.1, -0.05) is 12.6 Å². The Balaban J connectivity index is 1.75. The van der Waals surface area contributed by atoms with Crippen LogP contribution in [0.15, 0.2) is 72.3 Å². The van der Waals surface area contributed by atoms with Crippen LogP contribution < -0.4 is 20.7 Å². The molecule has 0 radical (unpaired) electrons. The molecule has 1 atom stereocenters. The highest BCUT2D eigenvalue weighted by Gasteiger charge is 2.12. The lowest BCUT2D eigenvalue weighted by atomic mass is 10.2. The van der Waals surface area contributed by atoms with E-state index in [0.717, 1.165) is 18.0 Å². The second-order valence-electron chi connectivity index (χ2n) is 7.56. The molecule has 10 heteroatoms. The van der Waals surface area contributed by atoms with Crippen LogP contribution >= 0.6 is 0 Å². The van der Waals surface area contributed by atoms with E-state index in [4.69, 9.17) is 4.74 Å². The Kier molecular flexibility index (Phi) is 8.72. The van der Waals surface area contributed by atoms with Crippen molar-refractivity contribution in [2.45, 2.75) is 4.90 Å². The Morgan fingerprint density at radius 3 is 2.53 bits per heavy atom. The van der Waals surface area contributed by atoms with Gasteiger partial charge in [0.15, 0.2) is 5.82 Å². The number of carbonyl (C=O) groups excluding carboxylic acids is 1. The summed E-state index contributed by atoms with van der Waals surface area (Å²) in [5.74, 6) is 1.20. The van der Waals surface area contributed by atoms with E-state index in [-0.39, 0.29) is 5.91 Å². The first-order valence-corrected chi connectivity index (χ1v) is 12.1. The number of likely N-dealkylation sites (N-methyl/N-ethyl adjacent to an activating group) is 1. The van der Waals surface area contributed by atoms with E-state index in [0.29, 0.717) is 34.6 Å². The van der Waals surface area contributed by atoms with Crippen LogP contribution in [0.3, 0.4) is 0 Å². The van der Waals surface area contributed by atoms with Crippen molar-refractivity contribution in [1.82, 2.24) is 14.9 Å². The van der Waals surface area contributed by atoms with Crippen LogP contribution in [-0.4, -0.2) is 58.5 Å². The number of hydrogen-bond donors (Lipinski definition) is 3. The van der Waals surface area contributed by atoms with E-state index < -0.39 is 10.8 Å². The number of nitrogens with one attached hydrogen (secondary N) is 3. The highest BCUT2D eigenvalue weighted by Crippen LogP contribution is 2.25. The summed E-state index contributed by atoms with van der Waals surface area (Å²) in [5, 5.41) is 9.02. The zero-order chi connectivity index (χ0) is 24.5. The van der Waals surface area contributed by atoms with Crippen molar-refractivity contribution < 1.29 is 13.7 Å². The number of nitrogens with zero attached hydrogens (tertiary/aromatic N) is 3. The fourth-order valence-electron chi connectivity index (χ4n) is 2.85. The summed E-state index contributed by atoms with van der Waals surface area (Å²) in [5.41, 5.74) is 2.04. The number of aromatic nitrogens is 2. The predicted molar refractivity (Wildman–Crippen MR) is 137 cm³/mol. The van der Waals surface area contributed by atoms with Gasteiger partial charge in [-0.05, 0) is 62.6 Å². The molecule has 1 unspecified atom stereocenters. The molecule has 1 aromatic heterocycles. The van der Waals surface area contributed by atoms with Crippen molar-refractivity contribution in [2.24, 2.45) is 0 Å². The maximum absolute atomic E-state index is 12.2. The number of rotatable bonds is 11. The van der Waals surface area contributed by atoms with Crippen molar-refractivity contribution >= 4 is 45.5 Å². The van der Waals surface area contributed by atoms with Crippen molar-refractivity contribution in [3.63, 3.8) is 0 Å². The molecule has 178 valence electrons. The van der Waals surface area contributed by atoms with E-state index >= 15 is 0 Å². The van der Waals surface area contributed by atoms with Crippen molar-refractivity contribution in [2.75, 3.05) is 49.5 Å². The van der Waals surface area contributed by atoms with E-state index in [1.165, 1.54) is 12.3 Å². The highest BCUT2D eigenvalue weighted by molar-refractivity contribution is 7.84. The van der Waals surface area contributed by atoms with Gasteiger partial charge in [0.1, 0.15) is 12.4 Å². The van der Waals surface area contributed by atoms with Gasteiger partial charge in [0.2, 0.25) is 11.9 Å². The van der Waals surface area contributed by atoms with Gasteiger partial charge in [0.25, 0.3) is 0 Å². The summed E-state index contributed by atoms with van der Waals surface area (Å²) in [6, 6.07) is 14.6. The lowest BCUT2D eigenvalue weighted by Gasteiger charge is -2.13. The quantitative estimate of drug-likeness (QED) is 0.356. The van der Waals surface area contributed by atoms with Gasteiger partial charge in [-0.15, -0.1) is 0 Å². The van der Waals surface area contributed by atoms with Crippen LogP contribution in [0.2, 0.25) is 0 Å². The van der Waals surface area contributed by atoms with E-state index in [1.54, 1.807) is 24.5 Å². The maximum Gasteiger partial charge on any atom is 0.247 e. The van der Waals surface area contributed by atoms with E-state index in [1.807, 2.05) is 44.4 Å². The summed E-state index contributed by atoms with van der Waals surface area (Å²) in [6.45, 7) is 4.89. The molecule has 1 heterocycles. The largest absolute Gasteiger partial charge is 0.492 e. The second kappa shape index (κ2) is 11.9. The molecule has 3 rings (SSSR count). The molecule has 0 aliphatic rings. The average molecular weight is 481 g/mol. The molecule has 0 spiro atoms. The molecular formula is C24H28N6O3S. The number of carbonyl (C=O) groups is 1. The van der Waals surface area contributed by atoms with Crippen molar-refractivity contribution in [1.29, 1.82) is 0 Å². The topological polar surface area (TPSA) is 108 Å². The van der Waals surface area contributed by atoms with Crippen molar-refractivity contribution in [3.05, 3.63) is 67.4 Å². The number of hydrogen-bond acceptors (Lipinski definition) is 8. The van der Waals surface area contributed by atoms with Crippen LogP contribution in [0.4, 0.5) is 28.8 Å². The minimum Gasteiger partial charge on any atom is -0.492 e. The third-order valence-corrected chi connectivity index (χ3v) is 5.48. The molecule has 2 aromatic carbocycles. The van der Waals surface area contributed by atoms with Gasteiger partial charge in [0, 0.05) is 29.9 Å². The first-order chi connectivity index (χ1) is 16.3. The van der Waals surface area contributed by atoms with Crippen LogP contribution in [0.25, 0.3) is 0 Å². The third kappa shape index (κ3) is 7.39. The summed E-state index contributed by atoms with van der Waals surface area (Å²) in [4.78, 5) is 22.9. The molecular weight excluding hydrogens is 452 g/mol. The molecule has 1 amide bonds. The van der Waals surface area contributed by atoms with E-state index in [2.05, 4.69) is 37.4 Å². The Morgan fingerprint density at radius 2 is 1.85 bits per heavy atom. The molecule has 9 nitrogen and oxygen atoms in total. The average Bonchev–Trinajstić information content (AvgIpc) is 2.80. The molecule has 0 aliphatic carbocycles. The van der Waals surface area contributed by atoms with Gasteiger partial charge >= 0.3 is 0 Å². The summed E-state index contributed by atoms with van der Waals surface area (Å²) >= 11 is 0. The van der Waals surface area contributed by atoms with Crippen LogP contribution in [-0.2, 0) is 15.6 Å². The smallest absolute Gasteiger partial charge is 0.247 e. The zero-order valence-electron chi connectivity index (χ0n) is 19.4. The van der Waals surface area contributed by atoms with Crippen LogP contribution in [0.1, 0.15) is 0 Å². The highest BCUT2D eigenvalue weighted by atomic mass is 32.2. The Morgan fingerprint density at radius 1 is 1.12 bits per heavy atom. The summed E-state index contributed by atoms with van der Waals surface area (Å²) in [7, 11) is 2.68. The first-order valence-electron chi connectivity index (χ1n) is 10.5. The predicted octanol–water partition coefficient (Wildman–Crippen LogP) is 3.77. The molecule has 3 aromatic rings. The van der Waals surface area contributed by atoms with Crippen LogP contribution in [0.5, 0.6) is 5.75 Å². The maximum atomic E-state index is 12.2. The fourth-order valence-corrected chi connectivity index (χ4v) is 3.42. The number of anilines is 5. The molecule has 0 fully saturated rings. The standard InChI is InChI=1S/C24H28N6O3S/c1-5-22(31)26-18-7-6-8-19(15-18)27-23-21(34(4)32)16-25-24(29-23)28-17-9-11-20(12-10-17)33-14-13-30(2)3/h5-12,15-16H,1,13-14H2,2-4H3,(H,26,31)(H2,25,27,28,29). The minimum absolute atomic E-state index is 0.310. The number of benzene rings is 2. The van der Waals surface area contributed by atoms with Gasteiger partial charge in [-0.2, -0.15) is 4.98 Å². The molecule has 0 saturated carbocycles. The van der Waals surface area contributed by atoms with Crippen LogP contribution in [0, 0.1) is 0 Å². The monoisotopic (exact) mass is 480 g/mol. The molecule has 0 bridgehead atoms. The van der Waals surface area contributed by atoms with Gasteiger partial charge in [0.05, 0.1) is 21.9 Å².